The van der Waals surface area contributed by atoms with Gasteiger partial charge < -0.3 is 17.1 Å². The molecule has 70 valence electrons. The Morgan fingerprint density at radius 1 is 1.23 bits per heavy atom. The van der Waals surface area contributed by atoms with Crippen molar-refractivity contribution in [1.29, 1.82) is 0 Å². The zero-order valence-corrected chi connectivity index (χ0v) is 14.9. The van der Waals surface area contributed by atoms with Gasteiger partial charge in [-0.1, -0.05) is 26.2 Å². The molecule has 0 nitrogen and oxygen atoms in total. The number of thiophene rings is 1. The summed E-state index contributed by atoms with van der Waals surface area (Å²) in [4.78, 5) is 0. The third-order valence-electron chi connectivity index (χ3n) is 1.90. The number of unbranched alkanes of at least 4 members (excludes halogenated alkanes) is 3. The van der Waals surface area contributed by atoms with Gasteiger partial charge in [-0.05, 0) is 35.2 Å². The quantitative estimate of drug-likeness (QED) is 0.558. The van der Waals surface area contributed by atoms with Gasteiger partial charge in [-0.3, -0.25) is 0 Å². The molecule has 1 aromatic heterocycles. The van der Waals surface area contributed by atoms with Crippen LogP contribution in [0.15, 0.2) is 16.8 Å². The van der Waals surface area contributed by atoms with Crippen molar-refractivity contribution in [2.24, 2.45) is 0 Å². The van der Waals surface area contributed by atoms with E-state index in [2.05, 4.69) is 23.8 Å². The van der Waals surface area contributed by atoms with Crippen molar-refractivity contribution in [2.45, 2.75) is 39.0 Å². The van der Waals surface area contributed by atoms with Crippen molar-refractivity contribution in [3.63, 3.8) is 0 Å². The van der Waals surface area contributed by atoms with Crippen molar-refractivity contribution in [1.82, 2.24) is 0 Å². The first-order valence-corrected chi connectivity index (χ1v) is 5.39. The van der Waals surface area contributed by atoms with Gasteiger partial charge in [0, 0.05) is 0 Å². The zero-order chi connectivity index (χ0) is 7.94. The van der Waals surface area contributed by atoms with E-state index in [0.717, 1.165) is 0 Å². The van der Waals surface area contributed by atoms with E-state index in [1.807, 2.05) is 0 Å². The number of rotatable bonds is 5. The predicted octanol–water partition coefficient (Wildman–Crippen LogP) is 3.49. The van der Waals surface area contributed by atoms with Gasteiger partial charge in [0.25, 0.3) is 0 Å². The maximum atomic E-state index is 2.26. The van der Waals surface area contributed by atoms with E-state index in [0.29, 0.717) is 0 Å². The molecule has 3 heteroatoms. The van der Waals surface area contributed by atoms with E-state index >= 15 is 0 Å². The molecular formula is C10H16CdSSe. The molecule has 0 amide bonds. The van der Waals surface area contributed by atoms with E-state index in [1.165, 1.54) is 37.7 Å². The summed E-state index contributed by atoms with van der Waals surface area (Å²) in [5, 5.41) is 4.42. The van der Waals surface area contributed by atoms with Gasteiger partial charge in [0.1, 0.15) is 0 Å². The molecule has 0 saturated carbocycles. The van der Waals surface area contributed by atoms with Crippen LogP contribution >= 0.6 is 11.3 Å². The molecule has 0 bridgehead atoms. The Balaban J connectivity index is 0. The summed E-state index contributed by atoms with van der Waals surface area (Å²) in [6, 6.07) is 2.23. The van der Waals surface area contributed by atoms with E-state index in [4.69, 9.17) is 0 Å². The molecule has 0 radical (unpaired) electrons. The Morgan fingerprint density at radius 3 is 2.54 bits per heavy atom. The van der Waals surface area contributed by atoms with Gasteiger partial charge in [0.05, 0.1) is 0 Å². The summed E-state index contributed by atoms with van der Waals surface area (Å²) >= 11 is 1.80. The van der Waals surface area contributed by atoms with Crippen LogP contribution < -0.4 is 0 Å². The summed E-state index contributed by atoms with van der Waals surface area (Å²) in [5.74, 6) is 0. The second kappa shape index (κ2) is 11.2. The van der Waals surface area contributed by atoms with Gasteiger partial charge >= 0.3 is 27.3 Å². The van der Waals surface area contributed by atoms with Crippen LogP contribution in [-0.4, -0.2) is 17.1 Å². The molecule has 0 atom stereocenters. The first-order valence-electron chi connectivity index (χ1n) is 4.44. The maximum absolute atomic E-state index is 2.26. The Morgan fingerprint density at radius 2 is 2.00 bits per heavy atom. The van der Waals surface area contributed by atoms with Crippen LogP contribution in [0.5, 0.6) is 0 Å². The van der Waals surface area contributed by atoms with Crippen LogP contribution in [-0.2, 0) is 33.7 Å². The Labute approximate surface area is 116 Å². The topological polar surface area (TPSA) is 0 Å². The van der Waals surface area contributed by atoms with Crippen LogP contribution in [0.25, 0.3) is 0 Å². The monoisotopic (exact) mass is 362 g/mol. The first-order chi connectivity index (χ1) is 5.43. The summed E-state index contributed by atoms with van der Waals surface area (Å²) in [7, 11) is 0. The van der Waals surface area contributed by atoms with Crippen LogP contribution in [0, 0.1) is 0 Å². The molecule has 0 aromatic carbocycles. The molecular weight excluding hydrogens is 344 g/mol. The molecule has 1 aromatic rings. The van der Waals surface area contributed by atoms with Crippen LogP contribution in [0.1, 0.15) is 38.2 Å². The fourth-order valence-corrected chi connectivity index (χ4v) is 1.89. The zero-order valence-electron chi connectivity index (χ0n) is 8.29. The fraction of sp³-hybridized carbons (Fsp3) is 0.600. The van der Waals surface area contributed by atoms with Gasteiger partial charge in [0.15, 0.2) is 0 Å². The van der Waals surface area contributed by atoms with Crippen molar-refractivity contribution >= 4 is 28.4 Å². The second-order valence-electron chi connectivity index (χ2n) is 2.94. The molecule has 0 aliphatic carbocycles. The average Bonchev–Trinajstić information content (AvgIpc) is 2.50. The molecule has 0 spiro atoms. The van der Waals surface area contributed by atoms with Crippen molar-refractivity contribution in [2.75, 3.05) is 0 Å². The molecule has 0 N–H and O–H groups in total. The van der Waals surface area contributed by atoms with Crippen molar-refractivity contribution in [3.8, 4) is 0 Å². The van der Waals surface area contributed by atoms with Crippen LogP contribution in [0.4, 0.5) is 0 Å². The first kappa shape index (κ1) is 16.6. The smallest absolute Gasteiger partial charge is 2.00 e. The minimum Gasteiger partial charge on any atom is -2.00 e. The molecule has 0 aliphatic heterocycles. The van der Waals surface area contributed by atoms with Crippen molar-refractivity contribution in [3.05, 3.63) is 22.4 Å². The van der Waals surface area contributed by atoms with Gasteiger partial charge in [0.2, 0.25) is 0 Å². The molecule has 0 aliphatic rings. The SMILES string of the molecule is CCCCCCc1ccsc1.[Cd+2].[Se-2]. The summed E-state index contributed by atoms with van der Waals surface area (Å²) < 4.78 is 0. The summed E-state index contributed by atoms with van der Waals surface area (Å²) in [6.07, 6.45) is 6.77. The third-order valence-corrected chi connectivity index (χ3v) is 2.63. The number of hydrogen-bond acceptors (Lipinski definition) is 1. The summed E-state index contributed by atoms with van der Waals surface area (Å²) in [5.41, 5.74) is 1.52. The van der Waals surface area contributed by atoms with E-state index in [-0.39, 0.29) is 44.4 Å². The van der Waals surface area contributed by atoms with Crippen LogP contribution in [0.2, 0.25) is 0 Å². The fourth-order valence-electron chi connectivity index (χ4n) is 1.19. The Kier molecular flexibility index (Phi) is 14.3. The third kappa shape index (κ3) is 8.16. The molecule has 1 rings (SSSR count). The van der Waals surface area contributed by atoms with Gasteiger partial charge in [-0.15, -0.1) is 0 Å². The molecule has 1 heterocycles. The standard InChI is InChI=1S/C10H16S.Cd.Se/c1-2-3-4-5-6-10-7-8-11-9-10;;/h7-9H,2-6H2,1H3;;/q;+2;-2. The maximum Gasteiger partial charge on any atom is 2.00 e. The number of aryl methyl sites for hydroxylation is 1. The molecule has 0 fully saturated rings. The van der Waals surface area contributed by atoms with Gasteiger partial charge in [-0.25, -0.2) is 0 Å². The predicted molar refractivity (Wildman–Crippen MR) is 57.9 cm³/mol. The normalized spacial score (nSPS) is 8.69. The molecule has 0 unspecified atom stereocenters. The largest absolute Gasteiger partial charge is 2.00 e. The molecule has 0 saturated heterocycles. The minimum absolute atomic E-state index is 0. The number of hydrogen-bond donors (Lipinski definition) is 0. The minimum atomic E-state index is 0. The Bertz CT molecular complexity index is 175. The van der Waals surface area contributed by atoms with E-state index in [1.54, 1.807) is 11.3 Å². The van der Waals surface area contributed by atoms with Crippen LogP contribution in [0.3, 0.4) is 0 Å². The second-order valence-corrected chi connectivity index (χ2v) is 3.72. The van der Waals surface area contributed by atoms with Crippen molar-refractivity contribution < 1.29 is 27.3 Å². The molecule has 13 heavy (non-hydrogen) atoms. The average molecular weight is 360 g/mol. The van der Waals surface area contributed by atoms with E-state index in [9.17, 15) is 0 Å². The Hall–Kier alpha value is 1.14. The van der Waals surface area contributed by atoms with Gasteiger partial charge in [-0.2, -0.15) is 11.3 Å². The van der Waals surface area contributed by atoms with E-state index < -0.39 is 0 Å². The summed E-state index contributed by atoms with van der Waals surface area (Å²) in [6.45, 7) is 2.25.